The van der Waals surface area contributed by atoms with E-state index in [2.05, 4.69) is 37.6 Å². The number of hydrogen-bond donors (Lipinski definition) is 0. The van der Waals surface area contributed by atoms with Crippen molar-refractivity contribution in [2.75, 3.05) is 0 Å². The van der Waals surface area contributed by atoms with E-state index in [-0.39, 0.29) is 0 Å². The van der Waals surface area contributed by atoms with Crippen LogP contribution in [0.15, 0.2) is 23.8 Å². The van der Waals surface area contributed by atoms with Crippen molar-refractivity contribution in [2.24, 2.45) is 0 Å². The molecule has 0 saturated heterocycles. The molecule has 0 heterocycles. The van der Waals surface area contributed by atoms with Crippen molar-refractivity contribution < 1.29 is 0 Å². The summed E-state index contributed by atoms with van der Waals surface area (Å²) in [5.74, 6) is 4.58. The molecule has 0 rings (SSSR count). The molecular formula is C8H16P2. The van der Waals surface area contributed by atoms with Gasteiger partial charge in [0.25, 0.3) is 0 Å². The summed E-state index contributed by atoms with van der Waals surface area (Å²) in [6, 6.07) is 0. The van der Waals surface area contributed by atoms with Crippen molar-refractivity contribution in [3.8, 4) is 0 Å². The highest BCUT2D eigenvalue weighted by Gasteiger charge is 1.72. The van der Waals surface area contributed by atoms with Crippen LogP contribution in [0.1, 0.15) is 26.7 Å². The van der Waals surface area contributed by atoms with E-state index in [0.717, 1.165) is 16.5 Å². The molecule has 0 nitrogen and oxygen atoms in total. The Bertz CT molecular complexity index is 91.8. The molecule has 10 heavy (non-hydrogen) atoms. The number of rotatable bonds is 5. The van der Waals surface area contributed by atoms with Gasteiger partial charge in [-0.15, -0.1) is 0 Å². The minimum Gasteiger partial charge on any atom is -0.0842 e. The van der Waals surface area contributed by atoms with Gasteiger partial charge in [-0.25, -0.2) is 0 Å². The smallest absolute Gasteiger partial charge is 0.0376 e. The van der Waals surface area contributed by atoms with E-state index in [1.807, 2.05) is 0 Å². The third-order valence-electron chi connectivity index (χ3n) is 0.957. The van der Waals surface area contributed by atoms with Crippen molar-refractivity contribution in [2.45, 2.75) is 26.7 Å². The SMILES string of the molecule is CC/C=C/PP/C=C/CC. The van der Waals surface area contributed by atoms with Gasteiger partial charge in [-0.2, -0.15) is 0 Å². The molecule has 0 saturated carbocycles. The highest BCUT2D eigenvalue weighted by molar-refractivity contribution is 8.14. The van der Waals surface area contributed by atoms with Crippen LogP contribution in [0.3, 0.4) is 0 Å². The van der Waals surface area contributed by atoms with Crippen LogP contribution in [0.4, 0.5) is 0 Å². The third-order valence-corrected chi connectivity index (χ3v) is 3.43. The van der Waals surface area contributed by atoms with Crippen LogP contribution in [0, 0.1) is 0 Å². The van der Waals surface area contributed by atoms with Gasteiger partial charge >= 0.3 is 0 Å². The average Bonchev–Trinajstić information content (AvgIpc) is 1.97. The van der Waals surface area contributed by atoms with E-state index >= 15 is 0 Å². The first-order valence-electron chi connectivity index (χ1n) is 3.72. The van der Waals surface area contributed by atoms with Crippen LogP contribution in [-0.2, 0) is 0 Å². The van der Waals surface area contributed by atoms with Gasteiger partial charge in [0.05, 0.1) is 0 Å². The minimum absolute atomic E-state index is 1.01. The van der Waals surface area contributed by atoms with Crippen molar-refractivity contribution >= 4 is 16.5 Å². The van der Waals surface area contributed by atoms with Gasteiger partial charge in [0.2, 0.25) is 0 Å². The van der Waals surface area contributed by atoms with E-state index in [1.165, 1.54) is 12.8 Å². The quantitative estimate of drug-likeness (QED) is 0.434. The van der Waals surface area contributed by atoms with Gasteiger partial charge in [0.1, 0.15) is 0 Å². The van der Waals surface area contributed by atoms with E-state index in [0.29, 0.717) is 0 Å². The molecule has 0 aliphatic carbocycles. The fraction of sp³-hybridized carbons (Fsp3) is 0.500. The maximum Gasteiger partial charge on any atom is -0.0376 e. The number of hydrogen-bond acceptors (Lipinski definition) is 0. The van der Waals surface area contributed by atoms with Crippen molar-refractivity contribution in [3.63, 3.8) is 0 Å². The predicted molar refractivity (Wildman–Crippen MR) is 55.5 cm³/mol. The highest BCUT2D eigenvalue weighted by Crippen LogP contribution is 2.38. The molecule has 2 unspecified atom stereocenters. The lowest BCUT2D eigenvalue weighted by atomic mass is 10.5. The van der Waals surface area contributed by atoms with Gasteiger partial charge in [-0.3, -0.25) is 0 Å². The molecular weight excluding hydrogens is 158 g/mol. The summed E-state index contributed by atoms with van der Waals surface area (Å²) < 4.78 is 0. The van der Waals surface area contributed by atoms with Crippen molar-refractivity contribution in [1.29, 1.82) is 0 Å². The molecule has 0 bridgehead atoms. The summed E-state index contributed by atoms with van der Waals surface area (Å²) in [6.07, 6.45) is 6.83. The van der Waals surface area contributed by atoms with Gasteiger partial charge in [0.15, 0.2) is 0 Å². The van der Waals surface area contributed by atoms with Gasteiger partial charge in [-0.1, -0.05) is 54.2 Å². The molecule has 0 radical (unpaired) electrons. The molecule has 2 atom stereocenters. The molecule has 0 aliphatic heterocycles. The summed E-state index contributed by atoms with van der Waals surface area (Å²) in [4.78, 5) is 0. The zero-order valence-corrected chi connectivity index (χ0v) is 8.72. The summed E-state index contributed by atoms with van der Waals surface area (Å²) in [6.45, 7) is 4.35. The first-order chi connectivity index (χ1) is 4.91. The number of allylic oxidation sites excluding steroid dienone is 2. The molecule has 0 aliphatic rings. The molecule has 0 aromatic heterocycles. The molecule has 0 fully saturated rings. The monoisotopic (exact) mass is 174 g/mol. The Morgan fingerprint density at radius 3 is 1.60 bits per heavy atom. The minimum atomic E-state index is 1.01. The molecule has 2 heteroatoms. The third kappa shape index (κ3) is 8.34. The Hall–Kier alpha value is 0.340. The lowest BCUT2D eigenvalue weighted by molar-refractivity contribution is 1.23. The van der Waals surface area contributed by atoms with Gasteiger partial charge in [0, 0.05) is 0 Å². The second kappa shape index (κ2) is 9.34. The van der Waals surface area contributed by atoms with Crippen LogP contribution < -0.4 is 0 Å². The second-order valence-corrected chi connectivity index (χ2v) is 4.89. The summed E-state index contributed by atoms with van der Waals surface area (Å²) in [5, 5.41) is 0. The zero-order chi connectivity index (χ0) is 7.66. The Balaban J connectivity index is 3.04. The largest absolute Gasteiger partial charge is 0.0842 e. The maximum absolute atomic E-state index is 2.29. The van der Waals surface area contributed by atoms with Crippen LogP contribution in [0.5, 0.6) is 0 Å². The van der Waals surface area contributed by atoms with E-state index in [9.17, 15) is 0 Å². The van der Waals surface area contributed by atoms with E-state index in [1.54, 1.807) is 0 Å². The molecule has 58 valence electrons. The normalized spacial score (nSPS) is 14.2. The molecule has 0 N–H and O–H groups in total. The summed E-state index contributed by atoms with van der Waals surface area (Å²) in [7, 11) is 2.02. The first kappa shape index (κ1) is 10.3. The fourth-order valence-corrected chi connectivity index (χ4v) is 2.63. The lowest BCUT2D eigenvalue weighted by Crippen LogP contribution is -1.46. The Kier molecular flexibility index (Phi) is 9.66. The topological polar surface area (TPSA) is 0 Å². The average molecular weight is 174 g/mol. The standard InChI is InChI=1S/C8H16P2/c1-3-5-7-9-10-8-6-4-2/h5-10H,3-4H2,1-2H3/b7-5+,8-6+. The van der Waals surface area contributed by atoms with E-state index in [4.69, 9.17) is 0 Å². The van der Waals surface area contributed by atoms with E-state index < -0.39 is 0 Å². The Morgan fingerprint density at radius 1 is 0.900 bits per heavy atom. The highest BCUT2D eigenvalue weighted by atomic mass is 32.0. The second-order valence-electron chi connectivity index (χ2n) is 1.91. The van der Waals surface area contributed by atoms with Crippen LogP contribution >= 0.6 is 16.5 Å². The van der Waals surface area contributed by atoms with Gasteiger partial charge in [-0.05, 0) is 12.8 Å². The van der Waals surface area contributed by atoms with Crippen LogP contribution in [0.2, 0.25) is 0 Å². The lowest BCUT2D eigenvalue weighted by Gasteiger charge is -1.85. The molecule has 0 spiro atoms. The van der Waals surface area contributed by atoms with Crippen molar-refractivity contribution in [1.82, 2.24) is 0 Å². The molecule has 0 aromatic rings. The maximum atomic E-state index is 2.29. The molecule has 0 aromatic carbocycles. The fourth-order valence-electron chi connectivity index (χ4n) is 0.450. The van der Waals surface area contributed by atoms with Crippen LogP contribution in [0.25, 0.3) is 0 Å². The zero-order valence-electron chi connectivity index (χ0n) is 6.72. The van der Waals surface area contributed by atoms with Gasteiger partial charge < -0.3 is 0 Å². The Labute approximate surface area is 67.6 Å². The summed E-state index contributed by atoms with van der Waals surface area (Å²) in [5.41, 5.74) is 0. The van der Waals surface area contributed by atoms with Crippen LogP contribution in [-0.4, -0.2) is 0 Å². The Morgan fingerprint density at radius 2 is 1.30 bits per heavy atom. The predicted octanol–water partition coefficient (Wildman–Crippen LogP) is 4.11. The first-order valence-corrected chi connectivity index (χ1v) is 6.88. The van der Waals surface area contributed by atoms with Crippen molar-refractivity contribution in [3.05, 3.63) is 23.8 Å². The molecule has 0 amide bonds. The summed E-state index contributed by atoms with van der Waals surface area (Å²) >= 11 is 0.